The summed E-state index contributed by atoms with van der Waals surface area (Å²) in [5, 5.41) is 0. The topological polar surface area (TPSA) is 39.7 Å². The zero-order chi connectivity index (χ0) is 20.1. The molecule has 2 saturated heterocycles. The molecule has 2 aromatic rings. The molecule has 1 aromatic heterocycles. The minimum atomic E-state index is 0.129. The SMILES string of the molecule is CCN1CCN(c2cncc(C(=O)N3CCC(Cc4ccccc4)CC3)c2)CC1. The minimum absolute atomic E-state index is 0.129. The van der Waals surface area contributed by atoms with Crippen LogP contribution in [-0.4, -0.2) is 66.5 Å². The van der Waals surface area contributed by atoms with Crippen LogP contribution < -0.4 is 4.90 Å². The van der Waals surface area contributed by atoms with Crippen molar-refractivity contribution in [2.45, 2.75) is 26.2 Å². The van der Waals surface area contributed by atoms with Crippen LogP contribution in [0.5, 0.6) is 0 Å². The van der Waals surface area contributed by atoms with Gasteiger partial charge < -0.3 is 14.7 Å². The van der Waals surface area contributed by atoms with Gasteiger partial charge in [-0.25, -0.2) is 0 Å². The van der Waals surface area contributed by atoms with Gasteiger partial charge in [0, 0.05) is 45.5 Å². The van der Waals surface area contributed by atoms with Gasteiger partial charge in [-0.1, -0.05) is 37.3 Å². The fourth-order valence-corrected chi connectivity index (χ4v) is 4.51. The second-order valence-corrected chi connectivity index (χ2v) is 8.28. The third-order valence-electron chi connectivity index (χ3n) is 6.42. The molecule has 0 radical (unpaired) electrons. The van der Waals surface area contributed by atoms with E-state index in [4.69, 9.17) is 0 Å². The molecule has 0 saturated carbocycles. The molecule has 0 unspecified atom stereocenters. The quantitative estimate of drug-likeness (QED) is 0.783. The number of likely N-dealkylation sites (N-methyl/N-ethyl adjacent to an activating group) is 1. The van der Waals surface area contributed by atoms with E-state index in [-0.39, 0.29) is 5.91 Å². The van der Waals surface area contributed by atoms with Crippen LogP contribution in [0, 0.1) is 5.92 Å². The van der Waals surface area contributed by atoms with Crippen molar-refractivity contribution in [3.05, 3.63) is 59.9 Å². The molecular formula is C24H32N4O. The summed E-state index contributed by atoms with van der Waals surface area (Å²) in [4.78, 5) is 24.3. The predicted molar refractivity (Wildman–Crippen MR) is 117 cm³/mol. The van der Waals surface area contributed by atoms with Crippen molar-refractivity contribution in [2.75, 3.05) is 50.7 Å². The molecule has 5 heteroatoms. The summed E-state index contributed by atoms with van der Waals surface area (Å²) >= 11 is 0. The second-order valence-electron chi connectivity index (χ2n) is 8.28. The Bertz CT molecular complexity index is 794. The van der Waals surface area contributed by atoms with E-state index in [2.05, 4.69) is 52.0 Å². The first-order chi connectivity index (χ1) is 14.2. The molecular weight excluding hydrogens is 360 g/mol. The molecule has 5 nitrogen and oxygen atoms in total. The lowest BCUT2D eigenvalue weighted by Crippen LogP contribution is -2.46. The normalized spacial score (nSPS) is 18.8. The van der Waals surface area contributed by atoms with Crippen LogP contribution in [0.1, 0.15) is 35.7 Å². The van der Waals surface area contributed by atoms with E-state index in [1.807, 2.05) is 17.2 Å². The van der Waals surface area contributed by atoms with Gasteiger partial charge in [-0.15, -0.1) is 0 Å². The number of nitrogens with zero attached hydrogens (tertiary/aromatic N) is 4. The fourth-order valence-electron chi connectivity index (χ4n) is 4.51. The summed E-state index contributed by atoms with van der Waals surface area (Å²) in [6.07, 6.45) is 6.89. The van der Waals surface area contributed by atoms with Crippen molar-refractivity contribution in [1.29, 1.82) is 0 Å². The number of rotatable bonds is 5. The first-order valence-electron chi connectivity index (χ1n) is 11.0. The molecule has 1 amide bonds. The van der Waals surface area contributed by atoms with Crippen LogP contribution in [0.3, 0.4) is 0 Å². The standard InChI is InChI=1S/C24H32N4O/c1-2-26-12-14-27(15-13-26)23-17-22(18-25-19-23)24(29)28-10-8-21(9-11-28)16-20-6-4-3-5-7-20/h3-7,17-19,21H,2,8-16H2,1H3. The van der Waals surface area contributed by atoms with Crippen LogP contribution >= 0.6 is 0 Å². The maximum absolute atomic E-state index is 13.1. The molecule has 2 fully saturated rings. The third kappa shape index (κ3) is 4.96. The zero-order valence-electron chi connectivity index (χ0n) is 17.5. The molecule has 0 N–H and O–H groups in total. The number of benzene rings is 1. The molecule has 154 valence electrons. The highest BCUT2D eigenvalue weighted by Crippen LogP contribution is 2.24. The number of pyridine rings is 1. The number of likely N-dealkylation sites (tertiary alicyclic amines) is 1. The molecule has 4 rings (SSSR count). The van der Waals surface area contributed by atoms with Gasteiger partial charge in [0.05, 0.1) is 17.4 Å². The fraction of sp³-hybridized carbons (Fsp3) is 0.500. The summed E-state index contributed by atoms with van der Waals surface area (Å²) in [6.45, 7) is 9.14. The number of piperidine rings is 1. The summed E-state index contributed by atoms with van der Waals surface area (Å²) in [5.74, 6) is 0.797. The van der Waals surface area contributed by atoms with Gasteiger partial charge in [0.1, 0.15) is 0 Å². The van der Waals surface area contributed by atoms with Crippen LogP contribution in [-0.2, 0) is 6.42 Å². The Hall–Kier alpha value is -2.40. The second kappa shape index (κ2) is 9.40. The lowest BCUT2D eigenvalue weighted by molar-refractivity contribution is 0.0690. The van der Waals surface area contributed by atoms with E-state index in [1.165, 1.54) is 5.56 Å². The Morgan fingerprint density at radius 1 is 1.00 bits per heavy atom. The first-order valence-corrected chi connectivity index (χ1v) is 11.0. The zero-order valence-corrected chi connectivity index (χ0v) is 17.5. The van der Waals surface area contributed by atoms with E-state index < -0.39 is 0 Å². The number of carbonyl (C=O) groups is 1. The Labute approximate surface area is 174 Å². The lowest BCUT2D eigenvalue weighted by Gasteiger charge is -2.35. The average Bonchev–Trinajstić information content (AvgIpc) is 2.80. The van der Waals surface area contributed by atoms with Gasteiger partial charge in [0.2, 0.25) is 0 Å². The molecule has 2 aliphatic rings. The number of carbonyl (C=O) groups excluding carboxylic acids is 1. The van der Waals surface area contributed by atoms with Crippen LogP contribution in [0.25, 0.3) is 0 Å². The van der Waals surface area contributed by atoms with Crippen molar-refractivity contribution in [3.8, 4) is 0 Å². The van der Waals surface area contributed by atoms with E-state index in [1.54, 1.807) is 6.20 Å². The van der Waals surface area contributed by atoms with Crippen molar-refractivity contribution < 1.29 is 4.79 Å². The number of piperazine rings is 1. The summed E-state index contributed by atoms with van der Waals surface area (Å²) in [6, 6.07) is 12.7. The number of amides is 1. The number of hydrogen-bond donors (Lipinski definition) is 0. The average molecular weight is 393 g/mol. The maximum atomic E-state index is 13.1. The van der Waals surface area contributed by atoms with Crippen LogP contribution in [0.15, 0.2) is 48.8 Å². The maximum Gasteiger partial charge on any atom is 0.255 e. The van der Waals surface area contributed by atoms with Crippen molar-refractivity contribution >= 4 is 11.6 Å². The Kier molecular flexibility index (Phi) is 6.45. The minimum Gasteiger partial charge on any atom is -0.368 e. The Balaban J connectivity index is 1.33. The van der Waals surface area contributed by atoms with E-state index in [0.29, 0.717) is 5.92 Å². The number of anilines is 1. The molecule has 1 aromatic carbocycles. The van der Waals surface area contributed by atoms with Crippen LogP contribution in [0.2, 0.25) is 0 Å². The first kappa shape index (κ1) is 19.9. The van der Waals surface area contributed by atoms with Crippen LogP contribution in [0.4, 0.5) is 5.69 Å². The van der Waals surface area contributed by atoms with E-state index in [9.17, 15) is 4.79 Å². The van der Waals surface area contributed by atoms with Gasteiger partial charge in [-0.3, -0.25) is 9.78 Å². The van der Waals surface area contributed by atoms with Gasteiger partial charge in [0.25, 0.3) is 5.91 Å². The number of aromatic nitrogens is 1. The molecule has 29 heavy (non-hydrogen) atoms. The molecule has 0 atom stereocenters. The highest BCUT2D eigenvalue weighted by molar-refractivity contribution is 5.94. The highest BCUT2D eigenvalue weighted by atomic mass is 16.2. The third-order valence-corrected chi connectivity index (χ3v) is 6.42. The summed E-state index contributed by atoms with van der Waals surface area (Å²) in [7, 11) is 0. The molecule has 2 aliphatic heterocycles. The van der Waals surface area contributed by atoms with Crippen molar-refractivity contribution in [3.63, 3.8) is 0 Å². The molecule has 0 bridgehead atoms. The smallest absolute Gasteiger partial charge is 0.255 e. The van der Waals surface area contributed by atoms with Gasteiger partial charge >= 0.3 is 0 Å². The van der Waals surface area contributed by atoms with Gasteiger partial charge in [0.15, 0.2) is 0 Å². The summed E-state index contributed by atoms with van der Waals surface area (Å²) < 4.78 is 0. The lowest BCUT2D eigenvalue weighted by atomic mass is 9.90. The molecule has 3 heterocycles. The van der Waals surface area contributed by atoms with Gasteiger partial charge in [-0.2, -0.15) is 0 Å². The monoisotopic (exact) mass is 392 g/mol. The molecule has 0 spiro atoms. The largest absolute Gasteiger partial charge is 0.368 e. The predicted octanol–water partition coefficient (Wildman–Crippen LogP) is 3.32. The Morgan fingerprint density at radius 3 is 2.41 bits per heavy atom. The van der Waals surface area contributed by atoms with E-state index >= 15 is 0 Å². The van der Waals surface area contributed by atoms with Gasteiger partial charge in [-0.05, 0) is 43.4 Å². The van der Waals surface area contributed by atoms with Crippen molar-refractivity contribution in [2.24, 2.45) is 5.92 Å². The Morgan fingerprint density at radius 2 is 1.72 bits per heavy atom. The van der Waals surface area contributed by atoms with Crippen molar-refractivity contribution in [1.82, 2.24) is 14.8 Å². The number of hydrogen-bond acceptors (Lipinski definition) is 4. The summed E-state index contributed by atoms with van der Waals surface area (Å²) in [5.41, 5.74) is 3.20. The molecule has 0 aliphatic carbocycles. The highest BCUT2D eigenvalue weighted by Gasteiger charge is 2.25. The van der Waals surface area contributed by atoms with E-state index in [0.717, 1.165) is 76.3 Å².